The van der Waals surface area contributed by atoms with Gasteiger partial charge in [0, 0.05) is 21.8 Å². The summed E-state index contributed by atoms with van der Waals surface area (Å²) in [6, 6.07) is 6.42. The SMILES string of the molecule is C=CC(=O)Nc1cc(Cl)cc(-c2cc(C(=N)C=O)c(N)cn2)c1. The Hall–Kier alpha value is -2.99. The van der Waals surface area contributed by atoms with Gasteiger partial charge in [-0.2, -0.15) is 0 Å². The first-order valence-corrected chi connectivity index (χ1v) is 6.86. The topological polar surface area (TPSA) is 109 Å². The van der Waals surface area contributed by atoms with E-state index in [1.165, 1.54) is 12.3 Å². The fourth-order valence-corrected chi connectivity index (χ4v) is 2.16. The van der Waals surface area contributed by atoms with Crippen molar-refractivity contribution in [2.75, 3.05) is 11.1 Å². The third kappa shape index (κ3) is 3.81. The smallest absolute Gasteiger partial charge is 0.247 e. The molecule has 0 aliphatic rings. The Morgan fingerprint density at radius 3 is 2.74 bits per heavy atom. The van der Waals surface area contributed by atoms with Crippen molar-refractivity contribution in [3.63, 3.8) is 0 Å². The molecule has 1 amide bonds. The predicted octanol–water partition coefficient (Wildman–Crippen LogP) is 2.68. The summed E-state index contributed by atoms with van der Waals surface area (Å²) in [5.74, 6) is -0.369. The number of nitrogens with one attached hydrogen (secondary N) is 2. The molecule has 116 valence electrons. The molecule has 0 unspecified atom stereocenters. The van der Waals surface area contributed by atoms with Gasteiger partial charge in [-0.25, -0.2) is 0 Å². The molecule has 0 fully saturated rings. The normalized spacial score (nSPS) is 9.96. The number of carbonyl (C=O) groups is 2. The van der Waals surface area contributed by atoms with Crippen molar-refractivity contribution < 1.29 is 9.59 Å². The first-order chi connectivity index (χ1) is 10.9. The minimum Gasteiger partial charge on any atom is -0.397 e. The summed E-state index contributed by atoms with van der Waals surface area (Å²) in [4.78, 5) is 26.4. The van der Waals surface area contributed by atoms with Crippen LogP contribution in [0.15, 0.2) is 43.1 Å². The number of halogens is 1. The first-order valence-electron chi connectivity index (χ1n) is 6.48. The Morgan fingerprint density at radius 2 is 2.09 bits per heavy atom. The van der Waals surface area contributed by atoms with Gasteiger partial charge in [-0.1, -0.05) is 18.2 Å². The molecule has 2 aromatic rings. The number of aldehydes is 1. The number of amides is 1. The van der Waals surface area contributed by atoms with Crippen LogP contribution < -0.4 is 11.1 Å². The summed E-state index contributed by atoms with van der Waals surface area (Å²) in [6.45, 7) is 3.38. The third-order valence-electron chi connectivity index (χ3n) is 2.99. The van der Waals surface area contributed by atoms with Gasteiger partial charge < -0.3 is 11.1 Å². The van der Waals surface area contributed by atoms with E-state index in [1.807, 2.05) is 0 Å². The van der Waals surface area contributed by atoms with Gasteiger partial charge >= 0.3 is 0 Å². The lowest BCUT2D eigenvalue weighted by Gasteiger charge is -2.09. The van der Waals surface area contributed by atoms with E-state index < -0.39 is 0 Å². The molecule has 7 heteroatoms. The zero-order valence-electron chi connectivity index (χ0n) is 12.0. The van der Waals surface area contributed by atoms with Gasteiger partial charge in [-0.3, -0.25) is 20.0 Å². The average molecular weight is 329 g/mol. The molecular formula is C16H13ClN4O2. The Bertz CT molecular complexity index is 818. The highest BCUT2D eigenvalue weighted by molar-refractivity contribution is 6.36. The summed E-state index contributed by atoms with van der Waals surface area (Å²) in [5, 5.41) is 10.6. The largest absolute Gasteiger partial charge is 0.397 e. The maximum atomic E-state index is 11.4. The van der Waals surface area contributed by atoms with Crippen LogP contribution in [0.5, 0.6) is 0 Å². The van der Waals surface area contributed by atoms with E-state index in [0.29, 0.717) is 28.3 Å². The van der Waals surface area contributed by atoms with Crippen LogP contribution in [0.2, 0.25) is 5.02 Å². The van der Waals surface area contributed by atoms with E-state index >= 15 is 0 Å². The maximum Gasteiger partial charge on any atom is 0.247 e. The lowest BCUT2D eigenvalue weighted by Crippen LogP contribution is -2.08. The minimum absolute atomic E-state index is 0.230. The van der Waals surface area contributed by atoms with Crippen LogP contribution in [0.1, 0.15) is 5.56 Å². The molecule has 0 spiro atoms. The van der Waals surface area contributed by atoms with Crippen molar-refractivity contribution in [2.24, 2.45) is 0 Å². The highest BCUT2D eigenvalue weighted by Gasteiger charge is 2.10. The number of pyridine rings is 1. The Morgan fingerprint density at radius 1 is 1.35 bits per heavy atom. The molecule has 2 rings (SSSR count). The lowest BCUT2D eigenvalue weighted by molar-refractivity contribution is -0.111. The van der Waals surface area contributed by atoms with Gasteiger partial charge in [0.15, 0.2) is 6.29 Å². The van der Waals surface area contributed by atoms with Crippen molar-refractivity contribution >= 4 is 40.9 Å². The summed E-state index contributed by atoms with van der Waals surface area (Å²) in [7, 11) is 0. The van der Waals surface area contributed by atoms with Gasteiger partial charge in [0.1, 0.15) is 5.71 Å². The van der Waals surface area contributed by atoms with Gasteiger partial charge in [0.25, 0.3) is 0 Å². The number of benzene rings is 1. The standard InChI is InChI=1S/C16H13ClN4O2/c1-2-16(23)21-11-4-9(3-10(17)5-11)15-6-12(14(19)8-22)13(18)7-20-15/h2-8,19H,1,18H2,(H,21,23). The van der Waals surface area contributed by atoms with Crippen LogP contribution in [-0.4, -0.2) is 22.9 Å². The monoisotopic (exact) mass is 328 g/mol. The number of rotatable bonds is 5. The van der Waals surface area contributed by atoms with Gasteiger partial charge in [-0.15, -0.1) is 0 Å². The minimum atomic E-state index is -0.369. The lowest BCUT2D eigenvalue weighted by atomic mass is 10.0. The molecule has 1 aromatic carbocycles. The van der Waals surface area contributed by atoms with Crippen molar-refractivity contribution in [3.05, 3.63) is 53.7 Å². The van der Waals surface area contributed by atoms with Gasteiger partial charge in [0.2, 0.25) is 5.91 Å². The Kier molecular flexibility index (Phi) is 4.88. The summed E-state index contributed by atoms with van der Waals surface area (Å²) in [5.41, 5.74) is 7.55. The number of aromatic nitrogens is 1. The fourth-order valence-electron chi connectivity index (χ4n) is 1.92. The maximum absolute atomic E-state index is 11.4. The van der Waals surface area contributed by atoms with E-state index in [1.54, 1.807) is 18.2 Å². The molecular weight excluding hydrogens is 316 g/mol. The van der Waals surface area contributed by atoms with Crippen LogP contribution in [0.4, 0.5) is 11.4 Å². The second-order valence-electron chi connectivity index (χ2n) is 4.61. The van der Waals surface area contributed by atoms with Crippen molar-refractivity contribution in [1.82, 2.24) is 4.98 Å². The molecule has 0 saturated carbocycles. The number of carbonyl (C=O) groups excluding carboxylic acids is 2. The Balaban J connectivity index is 2.49. The second kappa shape index (κ2) is 6.85. The predicted molar refractivity (Wildman–Crippen MR) is 90.8 cm³/mol. The number of anilines is 2. The number of nitrogens with zero attached hydrogens (tertiary/aromatic N) is 1. The van der Waals surface area contributed by atoms with Gasteiger partial charge in [0.05, 0.1) is 17.6 Å². The van der Waals surface area contributed by atoms with Crippen LogP contribution in [0.3, 0.4) is 0 Å². The zero-order valence-corrected chi connectivity index (χ0v) is 12.7. The molecule has 0 radical (unpaired) electrons. The number of hydrogen-bond acceptors (Lipinski definition) is 5. The van der Waals surface area contributed by atoms with E-state index in [4.69, 9.17) is 22.7 Å². The number of nitrogen functional groups attached to an aromatic ring is 1. The molecule has 0 aliphatic heterocycles. The van der Waals surface area contributed by atoms with E-state index in [2.05, 4.69) is 16.9 Å². The van der Waals surface area contributed by atoms with Crippen molar-refractivity contribution in [3.8, 4) is 11.3 Å². The van der Waals surface area contributed by atoms with Crippen molar-refractivity contribution in [1.29, 1.82) is 5.41 Å². The summed E-state index contributed by atoms with van der Waals surface area (Å²) in [6.07, 6.45) is 2.92. The van der Waals surface area contributed by atoms with Crippen LogP contribution >= 0.6 is 11.6 Å². The molecule has 23 heavy (non-hydrogen) atoms. The Labute approximate surface area is 137 Å². The van der Waals surface area contributed by atoms with E-state index in [0.717, 1.165) is 6.08 Å². The molecule has 0 atom stereocenters. The number of hydrogen-bond donors (Lipinski definition) is 3. The quantitative estimate of drug-likeness (QED) is 0.445. The van der Waals surface area contributed by atoms with E-state index in [9.17, 15) is 9.59 Å². The van der Waals surface area contributed by atoms with E-state index in [-0.39, 0.29) is 22.9 Å². The molecule has 0 bridgehead atoms. The highest BCUT2D eigenvalue weighted by atomic mass is 35.5. The molecule has 4 N–H and O–H groups in total. The first kappa shape index (κ1) is 16.4. The molecule has 1 aromatic heterocycles. The molecule has 0 saturated heterocycles. The summed E-state index contributed by atoms with van der Waals surface area (Å²) < 4.78 is 0. The molecule has 6 nitrogen and oxygen atoms in total. The molecule has 1 heterocycles. The zero-order chi connectivity index (χ0) is 17.0. The van der Waals surface area contributed by atoms with Crippen molar-refractivity contribution in [2.45, 2.75) is 0 Å². The average Bonchev–Trinajstić information content (AvgIpc) is 2.53. The second-order valence-corrected chi connectivity index (χ2v) is 5.05. The number of nitrogens with two attached hydrogens (primary N) is 1. The van der Waals surface area contributed by atoms with Crippen LogP contribution in [0.25, 0.3) is 11.3 Å². The van der Waals surface area contributed by atoms with Gasteiger partial charge in [-0.05, 0) is 30.3 Å². The molecule has 0 aliphatic carbocycles. The van der Waals surface area contributed by atoms with Crippen LogP contribution in [0, 0.1) is 5.41 Å². The highest BCUT2D eigenvalue weighted by Crippen LogP contribution is 2.28. The van der Waals surface area contributed by atoms with Crippen LogP contribution in [-0.2, 0) is 9.59 Å². The third-order valence-corrected chi connectivity index (χ3v) is 3.21. The summed E-state index contributed by atoms with van der Waals surface area (Å²) >= 11 is 6.06. The fraction of sp³-hybridized carbons (Fsp3) is 0.